The highest BCUT2D eigenvalue weighted by Crippen LogP contribution is 2.25. The number of aryl methyl sites for hydroxylation is 1. The molecular formula is C14H19NO5S. The van der Waals surface area contributed by atoms with Gasteiger partial charge in [-0.3, -0.25) is 0 Å². The zero-order valence-electron chi connectivity index (χ0n) is 11.7. The topological polar surface area (TPSA) is 104 Å². The molecule has 0 aliphatic heterocycles. The Balaban J connectivity index is 2.12. The first kappa shape index (κ1) is 15.9. The lowest BCUT2D eigenvalue weighted by Gasteiger charge is -2.12. The molecular weight excluding hydrogens is 294 g/mol. The first-order chi connectivity index (χ1) is 9.79. The van der Waals surface area contributed by atoms with Crippen LogP contribution in [-0.4, -0.2) is 37.2 Å². The summed E-state index contributed by atoms with van der Waals surface area (Å²) in [5.74, 6) is -1.03. The van der Waals surface area contributed by atoms with E-state index in [2.05, 4.69) is 4.72 Å². The lowest BCUT2D eigenvalue weighted by atomic mass is 10.1. The molecule has 0 aromatic heterocycles. The molecule has 0 saturated heterocycles. The van der Waals surface area contributed by atoms with E-state index in [1.807, 2.05) is 0 Å². The number of carboxylic acid groups (broad SMARTS) is 1. The lowest BCUT2D eigenvalue weighted by Crippen LogP contribution is -2.29. The maximum absolute atomic E-state index is 12.2. The molecule has 2 unspecified atom stereocenters. The molecule has 116 valence electrons. The van der Waals surface area contributed by atoms with Crippen LogP contribution in [0.1, 0.15) is 35.2 Å². The van der Waals surface area contributed by atoms with E-state index in [-0.39, 0.29) is 29.0 Å². The molecule has 0 radical (unpaired) electrons. The summed E-state index contributed by atoms with van der Waals surface area (Å²) >= 11 is 0. The molecule has 7 heteroatoms. The van der Waals surface area contributed by atoms with Gasteiger partial charge in [-0.05, 0) is 49.8 Å². The van der Waals surface area contributed by atoms with Gasteiger partial charge in [0.2, 0.25) is 10.0 Å². The van der Waals surface area contributed by atoms with E-state index in [1.165, 1.54) is 18.2 Å². The first-order valence-electron chi connectivity index (χ1n) is 6.81. The summed E-state index contributed by atoms with van der Waals surface area (Å²) in [7, 11) is -3.73. The number of aromatic carboxylic acids is 1. The smallest absolute Gasteiger partial charge is 0.335 e. The summed E-state index contributed by atoms with van der Waals surface area (Å²) < 4.78 is 26.9. The molecule has 2 rings (SSSR count). The largest absolute Gasteiger partial charge is 0.478 e. The fourth-order valence-corrected chi connectivity index (χ4v) is 3.69. The van der Waals surface area contributed by atoms with Crippen LogP contribution in [0.5, 0.6) is 0 Å². The normalized spacial score (nSPS) is 22.4. The highest BCUT2D eigenvalue weighted by atomic mass is 32.2. The molecule has 1 aliphatic rings. The zero-order valence-corrected chi connectivity index (χ0v) is 12.6. The van der Waals surface area contributed by atoms with Crippen LogP contribution in [0.4, 0.5) is 0 Å². The van der Waals surface area contributed by atoms with Crippen LogP contribution >= 0.6 is 0 Å². The van der Waals surface area contributed by atoms with Gasteiger partial charge in [0, 0.05) is 6.54 Å². The fourth-order valence-electron chi connectivity index (χ4n) is 2.54. The van der Waals surface area contributed by atoms with Gasteiger partial charge in [0.15, 0.2) is 0 Å². The lowest BCUT2D eigenvalue weighted by molar-refractivity contribution is 0.0696. The summed E-state index contributed by atoms with van der Waals surface area (Å²) in [4.78, 5) is 11.0. The number of nitrogens with one attached hydrogen (secondary N) is 1. The van der Waals surface area contributed by atoms with Crippen LogP contribution in [0.2, 0.25) is 0 Å². The van der Waals surface area contributed by atoms with Gasteiger partial charge < -0.3 is 10.2 Å². The average molecular weight is 313 g/mol. The minimum atomic E-state index is -3.73. The maximum atomic E-state index is 12.2. The molecule has 21 heavy (non-hydrogen) atoms. The summed E-state index contributed by atoms with van der Waals surface area (Å²) in [5, 5.41) is 18.5. The summed E-state index contributed by atoms with van der Waals surface area (Å²) in [6.07, 6.45) is 1.73. The number of aliphatic hydroxyl groups excluding tert-OH is 1. The van der Waals surface area contributed by atoms with Crippen LogP contribution in [0.25, 0.3) is 0 Å². The molecule has 0 amide bonds. The number of carbonyl (C=O) groups is 1. The highest BCUT2D eigenvalue weighted by Gasteiger charge is 2.25. The van der Waals surface area contributed by atoms with Gasteiger partial charge in [-0.15, -0.1) is 0 Å². The van der Waals surface area contributed by atoms with Gasteiger partial charge in [0.25, 0.3) is 0 Å². The van der Waals surface area contributed by atoms with E-state index in [0.717, 1.165) is 6.42 Å². The Morgan fingerprint density at radius 1 is 1.38 bits per heavy atom. The van der Waals surface area contributed by atoms with Crippen LogP contribution in [0.3, 0.4) is 0 Å². The third-order valence-electron chi connectivity index (χ3n) is 3.83. The van der Waals surface area contributed by atoms with Crippen molar-refractivity contribution < 1.29 is 23.4 Å². The summed E-state index contributed by atoms with van der Waals surface area (Å²) in [6.45, 7) is 1.88. The number of carboxylic acids is 1. The molecule has 1 aromatic carbocycles. The number of rotatable bonds is 5. The van der Waals surface area contributed by atoms with E-state index in [9.17, 15) is 18.3 Å². The third-order valence-corrected chi connectivity index (χ3v) is 5.25. The van der Waals surface area contributed by atoms with Crippen LogP contribution < -0.4 is 4.72 Å². The highest BCUT2D eigenvalue weighted by molar-refractivity contribution is 7.89. The first-order valence-corrected chi connectivity index (χ1v) is 8.29. The van der Waals surface area contributed by atoms with Crippen molar-refractivity contribution in [2.75, 3.05) is 6.54 Å². The monoisotopic (exact) mass is 313 g/mol. The average Bonchev–Trinajstić information content (AvgIpc) is 2.82. The van der Waals surface area contributed by atoms with Gasteiger partial charge in [0.1, 0.15) is 0 Å². The molecule has 0 heterocycles. The van der Waals surface area contributed by atoms with E-state index in [1.54, 1.807) is 6.92 Å². The van der Waals surface area contributed by atoms with Crippen molar-refractivity contribution in [2.45, 2.75) is 37.2 Å². The van der Waals surface area contributed by atoms with Crippen molar-refractivity contribution in [1.82, 2.24) is 4.72 Å². The second-order valence-electron chi connectivity index (χ2n) is 5.47. The fraction of sp³-hybridized carbons (Fsp3) is 0.500. The summed E-state index contributed by atoms with van der Waals surface area (Å²) in [6, 6.07) is 4.05. The number of aliphatic hydroxyl groups is 1. The Morgan fingerprint density at radius 3 is 2.67 bits per heavy atom. The Morgan fingerprint density at radius 2 is 2.10 bits per heavy atom. The van der Waals surface area contributed by atoms with E-state index >= 15 is 0 Å². The Bertz CT molecular complexity index is 641. The van der Waals surface area contributed by atoms with Crippen LogP contribution in [0, 0.1) is 12.8 Å². The Kier molecular flexibility index (Phi) is 4.65. The van der Waals surface area contributed by atoms with Crippen molar-refractivity contribution in [3.05, 3.63) is 29.3 Å². The molecule has 1 fully saturated rings. The SMILES string of the molecule is Cc1ccc(S(=O)(=O)NCC2CCC(O)C2)cc1C(=O)O. The molecule has 3 N–H and O–H groups in total. The zero-order chi connectivity index (χ0) is 15.6. The van der Waals surface area contributed by atoms with Crippen molar-refractivity contribution in [3.8, 4) is 0 Å². The third kappa shape index (κ3) is 3.81. The molecule has 6 nitrogen and oxygen atoms in total. The maximum Gasteiger partial charge on any atom is 0.335 e. The van der Waals surface area contributed by atoms with Crippen molar-refractivity contribution in [2.24, 2.45) is 5.92 Å². The molecule has 0 bridgehead atoms. The van der Waals surface area contributed by atoms with Crippen molar-refractivity contribution in [3.63, 3.8) is 0 Å². The summed E-state index contributed by atoms with van der Waals surface area (Å²) in [5.41, 5.74) is 0.495. The number of hydrogen-bond acceptors (Lipinski definition) is 4. The van der Waals surface area contributed by atoms with Gasteiger partial charge in [-0.25, -0.2) is 17.9 Å². The molecule has 1 aliphatic carbocycles. The number of sulfonamides is 1. The molecule has 0 spiro atoms. The predicted octanol–water partition coefficient (Wildman–Crippen LogP) is 1.13. The van der Waals surface area contributed by atoms with Crippen LogP contribution in [-0.2, 0) is 10.0 Å². The van der Waals surface area contributed by atoms with Gasteiger partial charge in [-0.1, -0.05) is 6.07 Å². The number of hydrogen-bond donors (Lipinski definition) is 3. The van der Waals surface area contributed by atoms with Crippen molar-refractivity contribution in [1.29, 1.82) is 0 Å². The van der Waals surface area contributed by atoms with Crippen molar-refractivity contribution >= 4 is 16.0 Å². The van der Waals surface area contributed by atoms with E-state index < -0.39 is 16.0 Å². The molecule has 2 atom stereocenters. The van der Waals surface area contributed by atoms with Gasteiger partial charge in [-0.2, -0.15) is 0 Å². The van der Waals surface area contributed by atoms with E-state index in [0.29, 0.717) is 18.4 Å². The van der Waals surface area contributed by atoms with Gasteiger partial charge >= 0.3 is 5.97 Å². The van der Waals surface area contributed by atoms with Gasteiger partial charge in [0.05, 0.1) is 16.6 Å². The minimum absolute atomic E-state index is 0.0193. The quantitative estimate of drug-likeness (QED) is 0.756. The number of benzene rings is 1. The predicted molar refractivity (Wildman–Crippen MR) is 76.7 cm³/mol. The second kappa shape index (κ2) is 6.13. The molecule has 1 aromatic rings. The Labute approximate surface area is 123 Å². The second-order valence-corrected chi connectivity index (χ2v) is 7.23. The van der Waals surface area contributed by atoms with E-state index in [4.69, 9.17) is 5.11 Å². The minimum Gasteiger partial charge on any atom is -0.478 e. The molecule has 1 saturated carbocycles. The van der Waals surface area contributed by atoms with Crippen LogP contribution in [0.15, 0.2) is 23.1 Å². The standard InChI is InChI=1S/C14H19NO5S/c1-9-2-5-12(7-13(9)14(17)18)21(19,20)15-8-10-3-4-11(16)6-10/h2,5,7,10-11,15-16H,3-4,6,8H2,1H3,(H,17,18). The Hall–Kier alpha value is -1.44.